The van der Waals surface area contributed by atoms with Crippen molar-refractivity contribution in [1.29, 1.82) is 0 Å². The summed E-state index contributed by atoms with van der Waals surface area (Å²) in [6, 6.07) is 0. The monoisotopic (exact) mass is 269 g/mol. The highest BCUT2D eigenvalue weighted by Crippen LogP contribution is 2.34. The number of amides is 1. The minimum Gasteiger partial charge on any atom is -0.469 e. The van der Waals surface area contributed by atoms with Gasteiger partial charge in [-0.1, -0.05) is 0 Å². The lowest BCUT2D eigenvalue weighted by Gasteiger charge is -2.08. The number of aryl methyl sites for hydroxylation is 1. The van der Waals surface area contributed by atoms with E-state index in [-0.39, 0.29) is 30.2 Å². The van der Waals surface area contributed by atoms with E-state index < -0.39 is 17.6 Å². The van der Waals surface area contributed by atoms with Crippen molar-refractivity contribution in [3.8, 4) is 0 Å². The van der Waals surface area contributed by atoms with Gasteiger partial charge in [-0.05, 0) is 13.3 Å². The molecule has 0 saturated heterocycles. The van der Waals surface area contributed by atoms with Gasteiger partial charge >= 0.3 is 6.18 Å². The third-order valence-corrected chi connectivity index (χ3v) is 2.47. The molecule has 0 saturated carbocycles. The van der Waals surface area contributed by atoms with Crippen LogP contribution in [0, 0.1) is 6.92 Å². The Morgan fingerprint density at radius 1 is 1.53 bits per heavy atom. The summed E-state index contributed by atoms with van der Waals surface area (Å²) >= 11 is 5.24. The Morgan fingerprint density at radius 3 is 2.71 bits per heavy atom. The van der Waals surface area contributed by atoms with E-state index in [1.54, 1.807) is 0 Å². The van der Waals surface area contributed by atoms with E-state index in [1.807, 2.05) is 0 Å². The van der Waals surface area contributed by atoms with Crippen molar-refractivity contribution < 1.29 is 22.4 Å². The molecule has 96 valence electrons. The normalized spacial score (nSPS) is 11.6. The summed E-state index contributed by atoms with van der Waals surface area (Å²) in [5, 5.41) is 2.40. The first-order valence-corrected chi connectivity index (χ1v) is 5.36. The average Bonchev–Trinajstić information content (AvgIpc) is 2.59. The predicted molar refractivity (Wildman–Crippen MR) is 55.9 cm³/mol. The van der Waals surface area contributed by atoms with Gasteiger partial charge in [0.2, 0.25) is 5.91 Å². The number of nitrogens with one attached hydrogen (secondary N) is 1. The van der Waals surface area contributed by atoms with Crippen LogP contribution in [-0.4, -0.2) is 18.3 Å². The minimum absolute atomic E-state index is 0.0554. The molecule has 17 heavy (non-hydrogen) atoms. The van der Waals surface area contributed by atoms with Crippen LogP contribution < -0.4 is 5.32 Å². The Labute approximate surface area is 101 Å². The maximum absolute atomic E-state index is 12.5. The minimum atomic E-state index is -4.44. The molecule has 7 heteroatoms. The first-order valence-electron chi connectivity index (χ1n) is 4.83. The van der Waals surface area contributed by atoms with Crippen LogP contribution in [-0.2, 0) is 17.4 Å². The van der Waals surface area contributed by atoms with Gasteiger partial charge in [-0.15, -0.1) is 11.6 Å². The van der Waals surface area contributed by atoms with Crippen LogP contribution in [0.1, 0.15) is 16.9 Å². The summed E-state index contributed by atoms with van der Waals surface area (Å²) in [5.74, 6) is -0.421. The molecule has 0 aromatic carbocycles. The summed E-state index contributed by atoms with van der Waals surface area (Å²) in [6.07, 6.45) is -3.70. The highest BCUT2D eigenvalue weighted by atomic mass is 35.5. The average molecular weight is 270 g/mol. The fraction of sp³-hybridized carbons (Fsp3) is 0.500. The van der Waals surface area contributed by atoms with Crippen LogP contribution in [0.3, 0.4) is 0 Å². The molecule has 0 aliphatic rings. The molecule has 3 nitrogen and oxygen atoms in total. The number of halogens is 4. The molecule has 0 atom stereocenters. The summed E-state index contributed by atoms with van der Waals surface area (Å²) in [6.45, 7) is 1.54. The van der Waals surface area contributed by atoms with Gasteiger partial charge < -0.3 is 9.73 Å². The fourth-order valence-electron chi connectivity index (χ4n) is 1.40. The second kappa shape index (κ2) is 5.44. The van der Waals surface area contributed by atoms with E-state index in [4.69, 9.17) is 16.0 Å². The van der Waals surface area contributed by atoms with Gasteiger partial charge in [-0.2, -0.15) is 13.2 Å². The van der Waals surface area contributed by atoms with E-state index in [0.29, 0.717) is 6.26 Å². The lowest BCUT2D eigenvalue weighted by Crippen LogP contribution is -2.27. The largest absolute Gasteiger partial charge is 0.469 e. The van der Waals surface area contributed by atoms with Crippen molar-refractivity contribution in [1.82, 2.24) is 5.32 Å². The van der Waals surface area contributed by atoms with E-state index in [2.05, 4.69) is 5.32 Å². The van der Waals surface area contributed by atoms with Gasteiger partial charge in [-0.3, -0.25) is 4.79 Å². The van der Waals surface area contributed by atoms with Crippen LogP contribution in [0.2, 0.25) is 0 Å². The van der Waals surface area contributed by atoms with Crippen molar-refractivity contribution in [3.05, 3.63) is 23.2 Å². The summed E-state index contributed by atoms with van der Waals surface area (Å²) < 4.78 is 42.4. The highest BCUT2D eigenvalue weighted by Gasteiger charge is 2.35. The Bertz CT molecular complexity index is 401. The lowest BCUT2D eigenvalue weighted by atomic mass is 10.1. The molecule has 0 aliphatic carbocycles. The highest BCUT2D eigenvalue weighted by molar-refractivity contribution is 6.27. The lowest BCUT2D eigenvalue weighted by molar-refractivity contribution is -0.138. The van der Waals surface area contributed by atoms with Crippen molar-refractivity contribution in [2.24, 2.45) is 0 Å². The summed E-state index contributed by atoms with van der Waals surface area (Å²) in [7, 11) is 0. The van der Waals surface area contributed by atoms with Gasteiger partial charge in [-0.25, -0.2) is 0 Å². The zero-order valence-electron chi connectivity index (χ0n) is 9.03. The maximum atomic E-state index is 12.5. The molecule has 1 aromatic heterocycles. The Kier molecular flexibility index (Phi) is 4.45. The zero-order valence-corrected chi connectivity index (χ0v) is 9.78. The van der Waals surface area contributed by atoms with Crippen LogP contribution in [0.15, 0.2) is 10.7 Å². The second-order valence-corrected chi connectivity index (χ2v) is 3.68. The molecule has 0 radical (unpaired) electrons. The maximum Gasteiger partial charge on any atom is 0.419 e. The third kappa shape index (κ3) is 3.66. The van der Waals surface area contributed by atoms with Crippen LogP contribution in [0.25, 0.3) is 0 Å². The molecule has 1 heterocycles. The number of hydrogen-bond donors (Lipinski definition) is 1. The van der Waals surface area contributed by atoms with E-state index in [1.165, 1.54) is 6.92 Å². The SMILES string of the molecule is Cc1occ(C(F)(F)F)c1CCNC(=O)CCl. The van der Waals surface area contributed by atoms with E-state index in [9.17, 15) is 18.0 Å². The number of hydrogen-bond acceptors (Lipinski definition) is 2. The molecule has 1 rings (SSSR count). The zero-order chi connectivity index (χ0) is 13.1. The quantitative estimate of drug-likeness (QED) is 0.854. The van der Waals surface area contributed by atoms with Crippen molar-refractivity contribution in [3.63, 3.8) is 0 Å². The van der Waals surface area contributed by atoms with Gasteiger partial charge in [0.05, 0.1) is 5.56 Å². The third-order valence-electron chi connectivity index (χ3n) is 2.23. The van der Waals surface area contributed by atoms with Crippen LogP contribution in [0.5, 0.6) is 0 Å². The van der Waals surface area contributed by atoms with Crippen molar-refractivity contribution >= 4 is 17.5 Å². The standard InChI is InChI=1S/C10H11ClF3NO2/c1-6-7(2-3-15-9(16)4-11)8(5-17-6)10(12,13)14/h5H,2-4H2,1H3,(H,15,16). The van der Waals surface area contributed by atoms with Crippen LogP contribution in [0.4, 0.5) is 13.2 Å². The fourth-order valence-corrected chi connectivity index (χ4v) is 1.50. The molecule has 0 bridgehead atoms. The Balaban J connectivity index is 2.70. The summed E-state index contributed by atoms with van der Waals surface area (Å²) in [4.78, 5) is 10.8. The van der Waals surface area contributed by atoms with Crippen LogP contribution >= 0.6 is 11.6 Å². The van der Waals surface area contributed by atoms with Gasteiger partial charge in [0.25, 0.3) is 0 Å². The number of carbonyl (C=O) groups is 1. The molecule has 1 N–H and O–H groups in total. The molecule has 0 unspecified atom stereocenters. The molecule has 1 aromatic rings. The first kappa shape index (κ1) is 13.9. The topological polar surface area (TPSA) is 42.2 Å². The molecular weight excluding hydrogens is 259 g/mol. The number of rotatable bonds is 4. The number of carbonyl (C=O) groups excluding carboxylic acids is 1. The van der Waals surface area contributed by atoms with Gasteiger partial charge in [0.1, 0.15) is 17.9 Å². The predicted octanol–water partition coefficient (Wildman–Crippen LogP) is 2.50. The molecule has 0 spiro atoms. The van der Waals surface area contributed by atoms with E-state index >= 15 is 0 Å². The van der Waals surface area contributed by atoms with Crippen molar-refractivity contribution in [2.45, 2.75) is 19.5 Å². The van der Waals surface area contributed by atoms with Crippen molar-refractivity contribution in [2.75, 3.05) is 12.4 Å². The summed E-state index contributed by atoms with van der Waals surface area (Å²) in [5.41, 5.74) is -0.734. The Hall–Kier alpha value is -1.17. The van der Waals surface area contributed by atoms with E-state index in [0.717, 1.165) is 0 Å². The first-order chi connectivity index (χ1) is 7.86. The molecular formula is C10H11ClF3NO2. The number of furan rings is 1. The smallest absolute Gasteiger partial charge is 0.419 e. The molecule has 1 amide bonds. The van der Waals surface area contributed by atoms with Gasteiger partial charge in [0, 0.05) is 12.1 Å². The molecule has 0 fully saturated rings. The second-order valence-electron chi connectivity index (χ2n) is 3.42. The van der Waals surface area contributed by atoms with Gasteiger partial charge in [0.15, 0.2) is 0 Å². The Morgan fingerprint density at radius 2 is 2.18 bits per heavy atom. The number of alkyl halides is 4. The molecule has 0 aliphatic heterocycles.